The molecule has 1 aliphatic carbocycles. The number of hydrogen-bond donors (Lipinski definition) is 1. The SMILES string of the molecule is CC1(C)OB(c2cncnc2C2(N)CC2)OC1(C)C. The van der Waals surface area contributed by atoms with Gasteiger partial charge in [0, 0.05) is 11.7 Å². The molecule has 1 aromatic heterocycles. The third-order valence-electron chi connectivity index (χ3n) is 4.51. The van der Waals surface area contributed by atoms with Crippen LogP contribution in [-0.4, -0.2) is 28.3 Å². The van der Waals surface area contributed by atoms with Gasteiger partial charge in [-0.05, 0) is 40.5 Å². The molecule has 0 unspecified atom stereocenters. The van der Waals surface area contributed by atoms with Gasteiger partial charge >= 0.3 is 7.12 Å². The highest BCUT2D eigenvalue weighted by Crippen LogP contribution is 2.42. The van der Waals surface area contributed by atoms with Crippen LogP contribution in [-0.2, 0) is 14.8 Å². The maximum absolute atomic E-state index is 6.27. The standard InChI is InChI=1S/C13H20BN3O2/c1-11(2)12(3,4)19-14(18-11)9-7-16-8-17-10(9)13(15)5-6-13/h7-8H,5-6,15H2,1-4H3. The number of nitrogens with two attached hydrogens (primary N) is 1. The van der Waals surface area contributed by atoms with Crippen LogP contribution in [0.2, 0.25) is 0 Å². The van der Waals surface area contributed by atoms with Crippen LogP contribution in [0, 0.1) is 0 Å². The molecule has 102 valence electrons. The van der Waals surface area contributed by atoms with Gasteiger partial charge in [-0.2, -0.15) is 0 Å². The van der Waals surface area contributed by atoms with Crippen LogP contribution >= 0.6 is 0 Å². The van der Waals surface area contributed by atoms with Crippen molar-refractivity contribution in [3.05, 3.63) is 18.2 Å². The topological polar surface area (TPSA) is 70.3 Å². The molecule has 1 saturated carbocycles. The molecule has 1 aliphatic heterocycles. The van der Waals surface area contributed by atoms with Crippen molar-refractivity contribution in [2.45, 2.75) is 57.3 Å². The van der Waals surface area contributed by atoms with Crippen LogP contribution in [0.1, 0.15) is 46.2 Å². The Balaban J connectivity index is 1.97. The summed E-state index contributed by atoms with van der Waals surface area (Å²) in [5.74, 6) is 0. The summed E-state index contributed by atoms with van der Waals surface area (Å²) in [5.41, 5.74) is 6.95. The molecule has 1 aromatic rings. The van der Waals surface area contributed by atoms with E-state index in [0.717, 1.165) is 24.0 Å². The molecule has 2 N–H and O–H groups in total. The highest BCUT2D eigenvalue weighted by Gasteiger charge is 2.54. The minimum atomic E-state index is -0.442. The van der Waals surface area contributed by atoms with Crippen LogP contribution < -0.4 is 11.2 Å². The minimum Gasteiger partial charge on any atom is -0.399 e. The Morgan fingerprint density at radius 3 is 2.26 bits per heavy atom. The second-order valence-corrected chi connectivity index (χ2v) is 6.57. The van der Waals surface area contributed by atoms with Crippen LogP contribution in [0.15, 0.2) is 12.5 Å². The van der Waals surface area contributed by atoms with E-state index in [1.165, 1.54) is 6.33 Å². The van der Waals surface area contributed by atoms with Crippen molar-refractivity contribution in [3.8, 4) is 0 Å². The predicted octanol–water partition coefficient (Wildman–Crippen LogP) is 0.724. The summed E-state index contributed by atoms with van der Waals surface area (Å²) in [4.78, 5) is 8.46. The quantitative estimate of drug-likeness (QED) is 0.794. The lowest BCUT2D eigenvalue weighted by Crippen LogP contribution is -2.42. The number of hydrogen-bond acceptors (Lipinski definition) is 5. The van der Waals surface area contributed by atoms with E-state index in [4.69, 9.17) is 15.0 Å². The fraction of sp³-hybridized carbons (Fsp3) is 0.692. The largest absolute Gasteiger partial charge is 0.498 e. The van der Waals surface area contributed by atoms with Gasteiger partial charge in [-0.3, -0.25) is 0 Å². The molecule has 2 fully saturated rings. The fourth-order valence-corrected chi connectivity index (χ4v) is 2.27. The normalized spacial score (nSPS) is 26.5. The highest BCUT2D eigenvalue weighted by atomic mass is 16.7. The molecular formula is C13H20BN3O2. The smallest absolute Gasteiger partial charge is 0.399 e. The summed E-state index contributed by atoms with van der Waals surface area (Å²) < 4.78 is 12.1. The Bertz CT molecular complexity index is 498. The predicted molar refractivity (Wildman–Crippen MR) is 72.8 cm³/mol. The molecule has 0 atom stereocenters. The van der Waals surface area contributed by atoms with Crippen molar-refractivity contribution in [2.24, 2.45) is 5.73 Å². The first kappa shape index (κ1) is 13.0. The van der Waals surface area contributed by atoms with Crippen molar-refractivity contribution in [3.63, 3.8) is 0 Å². The van der Waals surface area contributed by atoms with Gasteiger partial charge in [-0.1, -0.05) is 0 Å². The van der Waals surface area contributed by atoms with Crippen LogP contribution in [0.25, 0.3) is 0 Å². The van der Waals surface area contributed by atoms with Gasteiger partial charge in [-0.15, -0.1) is 0 Å². The lowest BCUT2D eigenvalue weighted by Gasteiger charge is -2.32. The number of aromatic nitrogens is 2. The van der Waals surface area contributed by atoms with Crippen LogP contribution in [0.3, 0.4) is 0 Å². The van der Waals surface area contributed by atoms with Crippen molar-refractivity contribution in [1.82, 2.24) is 9.97 Å². The summed E-state index contributed by atoms with van der Waals surface area (Å²) >= 11 is 0. The van der Waals surface area contributed by atoms with E-state index in [1.807, 2.05) is 27.7 Å². The van der Waals surface area contributed by atoms with E-state index in [2.05, 4.69) is 9.97 Å². The third-order valence-corrected chi connectivity index (χ3v) is 4.51. The van der Waals surface area contributed by atoms with Crippen molar-refractivity contribution >= 4 is 12.6 Å². The summed E-state index contributed by atoms with van der Waals surface area (Å²) in [7, 11) is -0.442. The summed E-state index contributed by atoms with van der Waals surface area (Å²) in [5, 5.41) is 0. The Morgan fingerprint density at radius 1 is 1.16 bits per heavy atom. The van der Waals surface area contributed by atoms with Gasteiger partial charge < -0.3 is 15.0 Å². The molecule has 6 heteroatoms. The highest BCUT2D eigenvalue weighted by molar-refractivity contribution is 6.62. The van der Waals surface area contributed by atoms with E-state index < -0.39 is 7.12 Å². The maximum atomic E-state index is 6.27. The van der Waals surface area contributed by atoms with Crippen LogP contribution in [0.5, 0.6) is 0 Å². The monoisotopic (exact) mass is 261 g/mol. The molecule has 0 amide bonds. The molecule has 2 aliphatic rings. The Morgan fingerprint density at radius 2 is 1.74 bits per heavy atom. The first-order chi connectivity index (χ1) is 8.75. The average Bonchev–Trinajstić information content (AvgIpc) is 3.02. The lowest BCUT2D eigenvalue weighted by atomic mass is 9.77. The third kappa shape index (κ3) is 1.98. The van der Waals surface area contributed by atoms with Gasteiger partial charge in [0.25, 0.3) is 0 Å². The van der Waals surface area contributed by atoms with E-state index in [1.54, 1.807) is 6.20 Å². The molecule has 0 bridgehead atoms. The van der Waals surface area contributed by atoms with E-state index >= 15 is 0 Å². The molecule has 2 heterocycles. The van der Waals surface area contributed by atoms with Crippen molar-refractivity contribution < 1.29 is 9.31 Å². The average molecular weight is 261 g/mol. The summed E-state index contributed by atoms with van der Waals surface area (Å²) in [6.07, 6.45) is 5.21. The second kappa shape index (κ2) is 3.78. The molecule has 3 rings (SSSR count). The Hall–Kier alpha value is -0.975. The van der Waals surface area contributed by atoms with E-state index in [-0.39, 0.29) is 16.7 Å². The Labute approximate surface area is 114 Å². The zero-order valence-corrected chi connectivity index (χ0v) is 11.9. The fourth-order valence-electron chi connectivity index (χ4n) is 2.27. The molecule has 0 aromatic carbocycles. The number of nitrogens with zero attached hydrogens (tertiary/aromatic N) is 2. The zero-order valence-electron chi connectivity index (χ0n) is 11.9. The molecule has 1 saturated heterocycles. The first-order valence-corrected chi connectivity index (χ1v) is 6.70. The van der Waals surface area contributed by atoms with Gasteiger partial charge in [0.1, 0.15) is 6.33 Å². The number of rotatable bonds is 2. The molecule has 5 nitrogen and oxygen atoms in total. The van der Waals surface area contributed by atoms with Crippen molar-refractivity contribution in [2.75, 3.05) is 0 Å². The summed E-state index contributed by atoms with van der Waals surface area (Å²) in [6.45, 7) is 8.13. The Kier molecular flexibility index (Phi) is 2.59. The van der Waals surface area contributed by atoms with E-state index in [0.29, 0.717) is 0 Å². The molecule has 0 spiro atoms. The van der Waals surface area contributed by atoms with Crippen molar-refractivity contribution in [1.29, 1.82) is 0 Å². The van der Waals surface area contributed by atoms with Gasteiger partial charge in [0.15, 0.2) is 0 Å². The lowest BCUT2D eigenvalue weighted by molar-refractivity contribution is 0.00578. The molecule has 19 heavy (non-hydrogen) atoms. The van der Waals surface area contributed by atoms with Gasteiger partial charge in [0.2, 0.25) is 0 Å². The van der Waals surface area contributed by atoms with Gasteiger partial charge in [-0.25, -0.2) is 9.97 Å². The van der Waals surface area contributed by atoms with E-state index in [9.17, 15) is 0 Å². The molecule has 0 radical (unpaired) electrons. The molecular weight excluding hydrogens is 241 g/mol. The van der Waals surface area contributed by atoms with Gasteiger partial charge in [0.05, 0.1) is 22.4 Å². The zero-order chi connectivity index (χ0) is 13.9. The minimum absolute atomic E-state index is 0.318. The second-order valence-electron chi connectivity index (χ2n) is 6.57. The van der Waals surface area contributed by atoms with Crippen LogP contribution in [0.4, 0.5) is 0 Å². The summed E-state index contributed by atoms with van der Waals surface area (Å²) in [6, 6.07) is 0. The first-order valence-electron chi connectivity index (χ1n) is 6.70. The maximum Gasteiger partial charge on any atom is 0.498 e.